The molecule has 3 aromatic rings. The van der Waals surface area contributed by atoms with E-state index in [1.165, 1.54) is 24.0 Å². The maximum absolute atomic E-state index is 12.3. The van der Waals surface area contributed by atoms with Gasteiger partial charge < -0.3 is 15.4 Å². The summed E-state index contributed by atoms with van der Waals surface area (Å²) in [7, 11) is 1.38. The topological polar surface area (TPSA) is 50.4 Å². The highest BCUT2D eigenvalue weighted by molar-refractivity contribution is 7.80. The van der Waals surface area contributed by atoms with Crippen molar-refractivity contribution in [3.8, 4) is 10.4 Å². The molecule has 30 heavy (non-hydrogen) atoms. The number of methoxy groups -OCH3 is 1. The molecular weight excluding hydrogens is 412 g/mol. The average molecular weight is 439 g/mol. The second-order valence-electron chi connectivity index (χ2n) is 7.02. The van der Waals surface area contributed by atoms with Crippen molar-refractivity contribution in [2.75, 3.05) is 12.4 Å². The normalized spacial score (nSPS) is 11.6. The molecule has 0 aliphatic heterocycles. The Kier molecular flexibility index (Phi) is 7.60. The number of nitrogens with one attached hydrogen (secondary N) is 2. The molecule has 0 radical (unpaired) electrons. The SMILES string of the molecule is CCCc1ccc(C(C)NC(=S)Nc2sc(-c3ccccc3)cc2C(=O)OC)cc1. The first kappa shape index (κ1) is 22.0. The minimum Gasteiger partial charge on any atom is -0.465 e. The van der Waals surface area contributed by atoms with Gasteiger partial charge in [-0.2, -0.15) is 0 Å². The smallest absolute Gasteiger partial charge is 0.340 e. The third-order valence-corrected chi connectivity index (χ3v) is 6.11. The van der Waals surface area contributed by atoms with Gasteiger partial charge in [0.05, 0.1) is 18.7 Å². The lowest BCUT2D eigenvalue weighted by Crippen LogP contribution is -2.31. The van der Waals surface area contributed by atoms with Gasteiger partial charge in [0.2, 0.25) is 0 Å². The first-order chi connectivity index (χ1) is 14.5. The van der Waals surface area contributed by atoms with Crippen LogP contribution in [-0.2, 0) is 11.2 Å². The number of ether oxygens (including phenoxy) is 1. The standard InChI is InChI=1S/C24H26N2O2S2/c1-4-8-17-11-13-18(14-12-17)16(2)25-24(29)26-22-20(23(27)28-3)15-21(30-22)19-9-6-5-7-10-19/h5-7,9-16H,4,8H2,1-3H3,(H2,25,26,29). The summed E-state index contributed by atoms with van der Waals surface area (Å²) in [6.07, 6.45) is 2.22. The molecule has 0 saturated heterocycles. The van der Waals surface area contributed by atoms with Crippen LogP contribution in [0.25, 0.3) is 10.4 Å². The van der Waals surface area contributed by atoms with Crippen molar-refractivity contribution in [2.45, 2.75) is 32.7 Å². The first-order valence-corrected chi connectivity index (χ1v) is 11.2. The summed E-state index contributed by atoms with van der Waals surface area (Å²) in [5.41, 5.74) is 4.01. The minimum absolute atomic E-state index is 0.0378. The molecule has 1 unspecified atom stereocenters. The number of carbonyl (C=O) groups excluding carboxylic acids is 1. The van der Waals surface area contributed by atoms with E-state index < -0.39 is 5.97 Å². The van der Waals surface area contributed by atoms with Crippen LogP contribution in [-0.4, -0.2) is 18.2 Å². The van der Waals surface area contributed by atoms with Crippen LogP contribution in [0.5, 0.6) is 0 Å². The summed E-state index contributed by atoms with van der Waals surface area (Å²) in [6, 6.07) is 20.4. The van der Waals surface area contributed by atoms with Crippen LogP contribution in [0.1, 0.15) is 47.8 Å². The zero-order valence-corrected chi connectivity index (χ0v) is 19.0. The number of hydrogen-bond donors (Lipinski definition) is 2. The summed E-state index contributed by atoms with van der Waals surface area (Å²) in [5, 5.41) is 7.63. The fraction of sp³-hybridized carbons (Fsp3) is 0.250. The van der Waals surface area contributed by atoms with Gasteiger partial charge in [-0.05, 0) is 48.3 Å². The van der Waals surface area contributed by atoms with Gasteiger partial charge in [0, 0.05) is 4.88 Å². The number of esters is 1. The zero-order valence-electron chi connectivity index (χ0n) is 17.4. The van der Waals surface area contributed by atoms with Crippen molar-refractivity contribution in [3.63, 3.8) is 0 Å². The number of rotatable bonds is 7. The molecule has 0 amide bonds. The molecule has 1 heterocycles. The van der Waals surface area contributed by atoms with Crippen LogP contribution in [0, 0.1) is 0 Å². The predicted molar refractivity (Wildman–Crippen MR) is 129 cm³/mol. The molecule has 6 heteroatoms. The van der Waals surface area contributed by atoms with Gasteiger partial charge in [-0.25, -0.2) is 4.79 Å². The molecule has 0 saturated carbocycles. The average Bonchev–Trinajstić information content (AvgIpc) is 3.18. The monoisotopic (exact) mass is 438 g/mol. The molecule has 0 fully saturated rings. The number of benzene rings is 2. The van der Waals surface area contributed by atoms with Crippen LogP contribution in [0.3, 0.4) is 0 Å². The van der Waals surface area contributed by atoms with Gasteiger partial charge in [-0.15, -0.1) is 11.3 Å². The Hall–Kier alpha value is -2.70. The fourth-order valence-electron chi connectivity index (χ4n) is 3.17. The number of thiophene rings is 1. The van der Waals surface area contributed by atoms with Crippen molar-refractivity contribution in [1.29, 1.82) is 0 Å². The lowest BCUT2D eigenvalue weighted by atomic mass is 10.0. The molecule has 1 aromatic heterocycles. The fourth-order valence-corrected chi connectivity index (χ4v) is 4.57. The lowest BCUT2D eigenvalue weighted by Gasteiger charge is -2.17. The van der Waals surface area contributed by atoms with Crippen LogP contribution in [0.4, 0.5) is 5.00 Å². The lowest BCUT2D eigenvalue weighted by molar-refractivity contribution is 0.0602. The third kappa shape index (κ3) is 5.46. The van der Waals surface area contributed by atoms with E-state index in [1.54, 1.807) is 0 Å². The minimum atomic E-state index is -0.390. The Bertz CT molecular complexity index is 998. The summed E-state index contributed by atoms with van der Waals surface area (Å²) in [5.74, 6) is -0.390. The van der Waals surface area contributed by atoms with E-state index in [2.05, 4.69) is 48.7 Å². The van der Waals surface area contributed by atoms with Gasteiger partial charge in [-0.1, -0.05) is 67.9 Å². The number of anilines is 1. The summed E-state index contributed by atoms with van der Waals surface area (Å²) in [6.45, 7) is 4.24. The Morgan fingerprint density at radius 2 is 1.83 bits per heavy atom. The molecule has 0 bridgehead atoms. The number of carbonyl (C=O) groups is 1. The van der Waals surface area contributed by atoms with Crippen LogP contribution < -0.4 is 10.6 Å². The Balaban J connectivity index is 1.73. The quantitative estimate of drug-likeness (QED) is 0.340. The van der Waals surface area contributed by atoms with Crippen LogP contribution >= 0.6 is 23.6 Å². The first-order valence-electron chi connectivity index (χ1n) is 9.95. The van der Waals surface area contributed by atoms with Crippen molar-refractivity contribution in [1.82, 2.24) is 5.32 Å². The van der Waals surface area contributed by atoms with Crippen molar-refractivity contribution < 1.29 is 9.53 Å². The molecule has 3 rings (SSSR count). The third-order valence-electron chi connectivity index (χ3n) is 4.79. The van der Waals surface area contributed by atoms with Gasteiger partial charge in [0.25, 0.3) is 0 Å². The Morgan fingerprint density at radius 3 is 2.47 bits per heavy atom. The van der Waals surface area contributed by atoms with Crippen molar-refractivity contribution in [2.24, 2.45) is 0 Å². The van der Waals surface area contributed by atoms with E-state index >= 15 is 0 Å². The van der Waals surface area contributed by atoms with Crippen LogP contribution in [0.15, 0.2) is 60.7 Å². The molecule has 2 aromatic carbocycles. The molecule has 0 aliphatic carbocycles. The van der Waals surface area contributed by atoms with Gasteiger partial charge in [0.1, 0.15) is 5.00 Å². The molecule has 0 spiro atoms. The molecule has 2 N–H and O–H groups in total. The molecule has 156 valence electrons. The van der Waals surface area contributed by atoms with E-state index in [4.69, 9.17) is 17.0 Å². The zero-order chi connectivity index (χ0) is 21.5. The van der Waals surface area contributed by atoms with Crippen molar-refractivity contribution in [3.05, 3.63) is 77.4 Å². The van der Waals surface area contributed by atoms with E-state index in [1.807, 2.05) is 36.4 Å². The van der Waals surface area contributed by atoms with E-state index in [0.717, 1.165) is 28.8 Å². The molecular formula is C24H26N2O2S2. The van der Waals surface area contributed by atoms with E-state index in [0.29, 0.717) is 15.7 Å². The summed E-state index contributed by atoms with van der Waals surface area (Å²) >= 11 is 7.00. The second kappa shape index (κ2) is 10.4. The van der Waals surface area contributed by atoms with Crippen molar-refractivity contribution >= 4 is 39.6 Å². The number of hydrogen-bond acceptors (Lipinski definition) is 4. The highest BCUT2D eigenvalue weighted by Gasteiger charge is 2.19. The summed E-state index contributed by atoms with van der Waals surface area (Å²) < 4.78 is 4.95. The van der Waals surface area contributed by atoms with Gasteiger partial charge >= 0.3 is 5.97 Å². The van der Waals surface area contributed by atoms with Gasteiger partial charge in [-0.3, -0.25) is 0 Å². The largest absolute Gasteiger partial charge is 0.465 e. The molecule has 0 aliphatic rings. The molecule has 4 nitrogen and oxygen atoms in total. The van der Waals surface area contributed by atoms with Crippen LogP contribution in [0.2, 0.25) is 0 Å². The number of aryl methyl sites for hydroxylation is 1. The van der Waals surface area contributed by atoms with E-state index in [-0.39, 0.29) is 6.04 Å². The molecule has 1 atom stereocenters. The predicted octanol–water partition coefficient (Wildman–Crippen LogP) is 6.20. The number of thiocarbonyl (C=S) groups is 1. The Morgan fingerprint density at radius 1 is 1.13 bits per heavy atom. The highest BCUT2D eigenvalue weighted by Crippen LogP contribution is 2.36. The summed E-state index contributed by atoms with van der Waals surface area (Å²) in [4.78, 5) is 13.2. The Labute approximate surface area is 187 Å². The maximum atomic E-state index is 12.3. The van der Waals surface area contributed by atoms with Gasteiger partial charge in [0.15, 0.2) is 5.11 Å². The second-order valence-corrected chi connectivity index (χ2v) is 8.48. The maximum Gasteiger partial charge on any atom is 0.340 e. The van der Waals surface area contributed by atoms with E-state index in [9.17, 15) is 4.79 Å². The highest BCUT2D eigenvalue weighted by atomic mass is 32.1.